The summed E-state index contributed by atoms with van der Waals surface area (Å²) in [4.78, 5) is 4.52. The number of hydrogen-bond donors (Lipinski definition) is 2. The number of methoxy groups -OCH3 is 2. The van der Waals surface area contributed by atoms with E-state index in [1.54, 1.807) is 14.2 Å². The monoisotopic (exact) mass is 324 g/mol. The molecule has 0 spiro atoms. The Bertz CT molecular complexity index is 802. The molecule has 0 fully saturated rings. The van der Waals surface area contributed by atoms with E-state index in [4.69, 9.17) is 15.2 Å². The Kier molecular flexibility index (Phi) is 4.77. The van der Waals surface area contributed by atoms with E-state index in [1.807, 2.05) is 48.5 Å². The highest BCUT2D eigenvalue weighted by molar-refractivity contribution is 5.60. The highest BCUT2D eigenvalue weighted by Gasteiger charge is 2.15. The second-order valence-corrected chi connectivity index (χ2v) is 5.41. The normalized spacial score (nSPS) is 12.0. The molecule has 6 nitrogen and oxygen atoms in total. The van der Waals surface area contributed by atoms with E-state index in [2.05, 4.69) is 15.2 Å². The van der Waals surface area contributed by atoms with E-state index >= 15 is 0 Å². The van der Waals surface area contributed by atoms with Crippen LogP contribution < -0.4 is 15.2 Å². The first kappa shape index (κ1) is 16.0. The van der Waals surface area contributed by atoms with Crippen molar-refractivity contribution in [2.24, 2.45) is 5.73 Å². The molecule has 0 aliphatic heterocycles. The van der Waals surface area contributed by atoms with Gasteiger partial charge in [0.05, 0.1) is 20.3 Å². The number of rotatable bonds is 6. The van der Waals surface area contributed by atoms with Crippen molar-refractivity contribution in [3.8, 4) is 22.9 Å². The van der Waals surface area contributed by atoms with E-state index in [1.165, 1.54) is 0 Å². The smallest absolute Gasteiger partial charge is 0.181 e. The first-order chi connectivity index (χ1) is 11.7. The Labute approximate surface area is 140 Å². The van der Waals surface area contributed by atoms with Crippen molar-refractivity contribution in [2.75, 3.05) is 14.2 Å². The molecule has 0 radical (unpaired) electrons. The molecule has 0 aliphatic carbocycles. The molecule has 124 valence electrons. The number of nitrogens with zero attached hydrogens (tertiary/aromatic N) is 2. The van der Waals surface area contributed by atoms with Gasteiger partial charge in [0.15, 0.2) is 17.3 Å². The number of benzene rings is 2. The van der Waals surface area contributed by atoms with Crippen molar-refractivity contribution >= 4 is 0 Å². The Balaban J connectivity index is 1.80. The lowest BCUT2D eigenvalue weighted by Gasteiger charge is -2.08. The predicted octanol–water partition coefficient (Wildman–Crippen LogP) is 2.73. The standard InChI is InChI=1S/C18H20N4O2/c1-23-15-9-8-13(11-16(15)24-2)17-20-18(22-21-17)14(19)10-12-6-4-3-5-7-12/h3-9,11,14H,10,19H2,1-2H3,(H,20,21,22)/t14-/m0/s1. The summed E-state index contributed by atoms with van der Waals surface area (Å²) in [6.45, 7) is 0. The lowest BCUT2D eigenvalue weighted by molar-refractivity contribution is 0.355. The molecule has 6 heteroatoms. The summed E-state index contributed by atoms with van der Waals surface area (Å²) < 4.78 is 10.6. The van der Waals surface area contributed by atoms with Crippen LogP contribution in [-0.2, 0) is 6.42 Å². The van der Waals surface area contributed by atoms with Gasteiger partial charge >= 0.3 is 0 Å². The molecule has 24 heavy (non-hydrogen) atoms. The van der Waals surface area contributed by atoms with Crippen LogP contribution in [0.15, 0.2) is 48.5 Å². The maximum Gasteiger partial charge on any atom is 0.181 e. The summed E-state index contributed by atoms with van der Waals surface area (Å²) >= 11 is 0. The zero-order chi connectivity index (χ0) is 16.9. The lowest BCUT2D eigenvalue weighted by atomic mass is 10.1. The Hall–Kier alpha value is -2.86. The number of aromatic amines is 1. The maximum atomic E-state index is 6.24. The fourth-order valence-corrected chi connectivity index (χ4v) is 2.51. The van der Waals surface area contributed by atoms with Crippen LogP contribution in [0, 0.1) is 0 Å². The van der Waals surface area contributed by atoms with Gasteiger partial charge in [0.1, 0.15) is 5.82 Å². The van der Waals surface area contributed by atoms with Crippen molar-refractivity contribution in [3.63, 3.8) is 0 Å². The second kappa shape index (κ2) is 7.14. The molecule has 0 saturated heterocycles. The summed E-state index contributed by atoms with van der Waals surface area (Å²) in [5.74, 6) is 2.53. The third-order valence-electron chi connectivity index (χ3n) is 3.79. The van der Waals surface area contributed by atoms with Crippen LogP contribution in [0.4, 0.5) is 0 Å². The van der Waals surface area contributed by atoms with Crippen molar-refractivity contribution in [3.05, 3.63) is 59.9 Å². The molecule has 1 heterocycles. The van der Waals surface area contributed by atoms with Gasteiger partial charge in [-0.05, 0) is 30.2 Å². The van der Waals surface area contributed by atoms with E-state index in [0.29, 0.717) is 29.6 Å². The Morgan fingerprint density at radius 1 is 1.04 bits per heavy atom. The van der Waals surface area contributed by atoms with Crippen molar-refractivity contribution in [1.29, 1.82) is 0 Å². The van der Waals surface area contributed by atoms with Crippen LogP contribution in [-0.4, -0.2) is 29.4 Å². The highest BCUT2D eigenvalue weighted by Crippen LogP contribution is 2.31. The van der Waals surface area contributed by atoms with Crippen LogP contribution in [0.2, 0.25) is 0 Å². The van der Waals surface area contributed by atoms with Gasteiger partial charge in [-0.2, -0.15) is 5.10 Å². The predicted molar refractivity (Wildman–Crippen MR) is 92.0 cm³/mol. The number of hydrogen-bond acceptors (Lipinski definition) is 5. The lowest BCUT2D eigenvalue weighted by Crippen LogP contribution is -2.15. The summed E-state index contributed by atoms with van der Waals surface area (Å²) in [6, 6.07) is 15.4. The molecule has 3 rings (SSSR count). The van der Waals surface area contributed by atoms with Gasteiger partial charge < -0.3 is 15.2 Å². The van der Waals surface area contributed by atoms with Crippen LogP contribution in [0.25, 0.3) is 11.4 Å². The van der Waals surface area contributed by atoms with Crippen LogP contribution in [0.1, 0.15) is 17.4 Å². The molecule has 0 bridgehead atoms. The van der Waals surface area contributed by atoms with Crippen LogP contribution >= 0.6 is 0 Å². The minimum Gasteiger partial charge on any atom is -0.493 e. The average molecular weight is 324 g/mol. The molecule has 1 aromatic heterocycles. The minimum atomic E-state index is -0.242. The van der Waals surface area contributed by atoms with Crippen molar-refractivity contribution in [2.45, 2.75) is 12.5 Å². The van der Waals surface area contributed by atoms with E-state index in [-0.39, 0.29) is 6.04 Å². The maximum absolute atomic E-state index is 6.24. The zero-order valence-electron chi connectivity index (χ0n) is 13.7. The Morgan fingerprint density at radius 3 is 2.50 bits per heavy atom. The Morgan fingerprint density at radius 2 is 1.79 bits per heavy atom. The number of ether oxygens (including phenoxy) is 2. The van der Waals surface area contributed by atoms with Gasteiger partial charge in [-0.1, -0.05) is 30.3 Å². The fourth-order valence-electron chi connectivity index (χ4n) is 2.51. The SMILES string of the molecule is COc1ccc(-c2n[nH]c([C@@H](N)Cc3ccccc3)n2)cc1OC. The van der Waals surface area contributed by atoms with E-state index in [9.17, 15) is 0 Å². The quantitative estimate of drug-likeness (QED) is 0.728. The molecule has 1 atom stereocenters. The van der Waals surface area contributed by atoms with E-state index in [0.717, 1.165) is 11.1 Å². The molecule has 0 amide bonds. The van der Waals surface area contributed by atoms with Gasteiger partial charge in [0.2, 0.25) is 0 Å². The van der Waals surface area contributed by atoms with Gasteiger partial charge in [0, 0.05) is 5.56 Å². The first-order valence-corrected chi connectivity index (χ1v) is 7.65. The minimum absolute atomic E-state index is 0.242. The number of H-pyrrole nitrogens is 1. The van der Waals surface area contributed by atoms with E-state index < -0.39 is 0 Å². The highest BCUT2D eigenvalue weighted by atomic mass is 16.5. The fraction of sp³-hybridized carbons (Fsp3) is 0.222. The van der Waals surface area contributed by atoms with Crippen molar-refractivity contribution in [1.82, 2.24) is 15.2 Å². The molecular formula is C18H20N4O2. The third-order valence-corrected chi connectivity index (χ3v) is 3.79. The zero-order valence-corrected chi connectivity index (χ0v) is 13.7. The number of nitrogens with one attached hydrogen (secondary N) is 1. The topological polar surface area (TPSA) is 86.0 Å². The molecule has 0 aliphatic rings. The first-order valence-electron chi connectivity index (χ1n) is 7.65. The van der Waals surface area contributed by atoms with Crippen molar-refractivity contribution < 1.29 is 9.47 Å². The van der Waals surface area contributed by atoms with Gasteiger partial charge in [-0.3, -0.25) is 5.10 Å². The molecule has 0 unspecified atom stereocenters. The molecule has 3 aromatic rings. The van der Waals surface area contributed by atoms with Gasteiger partial charge in [-0.15, -0.1) is 0 Å². The summed E-state index contributed by atoms with van der Waals surface area (Å²) in [5, 5.41) is 7.20. The van der Waals surface area contributed by atoms with Crippen LogP contribution in [0.5, 0.6) is 11.5 Å². The summed E-state index contributed by atoms with van der Waals surface area (Å²) in [5.41, 5.74) is 8.24. The summed E-state index contributed by atoms with van der Waals surface area (Å²) in [7, 11) is 3.20. The largest absolute Gasteiger partial charge is 0.493 e. The molecule has 3 N–H and O–H groups in total. The molecular weight excluding hydrogens is 304 g/mol. The van der Waals surface area contributed by atoms with Gasteiger partial charge in [-0.25, -0.2) is 4.98 Å². The number of aromatic nitrogens is 3. The second-order valence-electron chi connectivity index (χ2n) is 5.41. The van der Waals surface area contributed by atoms with Gasteiger partial charge in [0.25, 0.3) is 0 Å². The third kappa shape index (κ3) is 3.38. The molecule has 0 saturated carbocycles. The average Bonchev–Trinajstić information content (AvgIpc) is 3.12. The number of nitrogens with two attached hydrogens (primary N) is 1. The van der Waals surface area contributed by atoms with Crippen LogP contribution in [0.3, 0.4) is 0 Å². The summed E-state index contributed by atoms with van der Waals surface area (Å²) in [6.07, 6.45) is 0.696. The molecule has 2 aromatic carbocycles.